The minimum absolute atomic E-state index is 0.00412. The molecule has 2 aromatic carbocycles. The molecule has 0 unspecified atom stereocenters. The van der Waals surface area contributed by atoms with Crippen molar-refractivity contribution in [1.82, 2.24) is 10.3 Å². The van der Waals surface area contributed by atoms with Crippen LogP contribution in [0.4, 0.5) is 5.82 Å². The number of anilines is 1. The molecule has 0 radical (unpaired) electrons. The van der Waals surface area contributed by atoms with E-state index in [4.69, 9.17) is 32.5 Å². The summed E-state index contributed by atoms with van der Waals surface area (Å²) in [4.78, 5) is 0. The summed E-state index contributed by atoms with van der Waals surface area (Å²) < 4.78 is 15.9. The van der Waals surface area contributed by atoms with Crippen molar-refractivity contribution in [3.8, 4) is 11.5 Å². The number of nitrogen functional groups attached to an aromatic ring is 1. The van der Waals surface area contributed by atoms with Crippen LogP contribution >= 0.6 is 11.6 Å². The third-order valence-corrected chi connectivity index (χ3v) is 4.83. The van der Waals surface area contributed by atoms with E-state index in [1.807, 2.05) is 44.2 Å². The number of hydrogen-bond acceptors (Lipinski definition) is 8. The van der Waals surface area contributed by atoms with E-state index in [-0.39, 0.29) is 17.3 Å². The van der Waals surface area contributed by atoms with Crippen molar-refractivity contribution in [3.05, 3.63) is 63.3 Å². The van der Waals surface area contributed by atoms with Gasteiger partial charge in [0.2, 0.25) is 0 Å². The lowest BCUT2D eigenvalue weighted by molar-refractivity contribution is 0.296. The van der Waals surface area contributed by atoms with Gasteiger partial charge in [-0.15, -0.1) is 5.10 Å². The smallest absolute Gasteiger partial charge is 0.199 e. The van der Waals surface area contributed by atoms with Gasteiger partial charge in [-0.2, -0.15) is 5.10 Å². The van der Waals surface area contributed by atoms with Crippen LogP contribution in [0.1, 0.15) is 27.9 Å². The summed E-state index contributed by atoms with van der Waals surface area (Å²) in [7, 11) is 1.60. The number of nitrogens with zero attached hydrogens (tertiary/aromatic N) is 4. The second-order valence-corrected chi connectivity index (χ2v) is 6.84. The number of aryl methyl sites for hydroxylation is 2. The first kappa shape index (κ1) is 21.1. The zero-order valence-electron chi connectivity index (χ0n) is 16.7. The Kier molecular flexibility index (Phi) is 6.53. The molecule has 0 bridgehead atoms. The van der Waals surface area contributed by atoms with E-state index >= 15 is 0 Å². The molecule has 4 N–H and O–H groups in total. The number of nitrogens with two attached hydrogens (primary N) is 2. The molecular formula is C20H21ClN6O3. The number of benzene rings is 2. The highest BCUT2D eigenvalue weighted by Crippen LogP contribution is 2.27. The van der Waals surface area contributed by atoms with Crippen LogP contribution in [0.3, 0.4) is 0 Å². The average molecular weight is 429 g/mol. The van der Waals surface area contributed by atoms with Crippen LogP contribution in [0, 0.1) is 13.8 Å². The molecule has 156 valence electrons. The fraction of sp³-hybridized carbons (Fsp3) is 0.200. The van der Waals surface area contributed by atoms with Crippen molar-refractivity contribution in [2.75, 3.05) is 12.8 Å². The Morgan fingerprint density at radius 1 is 1.20 bits per heavy atom. The lowest BCUT2D eigenvalue weighted by Gasteiger charge is -2.13. The Morgan fingerprint density at radius 2 is 1.93 bits per heavy atom. The Hall–Kier alpha value is -3.59. The number of aromatic nitrogens is 2. The Labute approximate surface area is 178 Å². The van der Waals surface area contributed by atoms with E-state index in [2.05, 4.69) is 25.1 Å². The van der Waals surface area contributed by atoms with Gasteiger partial charge in [0.1, 0.15) is 18.1 Å². The number of rotatable bonds is 7. The topological polar surface area (TPSA) is 134 Å². The molecule has 0 saturated carbocycles. The maximum absolute atomic E-state index is 6.22. The van der Waals surface area contributed by atoms with Crippen molar-refractivity contribution in [3.63, 3.8) is 0 Å². The molecule has 0 fully saturated rings. The molecule has 0 saturated heterocycles. The molecule has 0 aliphatic heterocycles. The van der Waals surface area contributed by atoms with Gasteiger partial charge in [0.25, 0.3) is 0 Å². The van der Waals surface area contributed by atoms with Gasteiger partial charge in [-0.25, -0.2) is 4.63 Å². The second-order valence-electron chi connectivity index (χ2n) is 6.46. The summed E-state index contributed by atoms with van der Waals surface area (Å²) in [5, 5.41) is 15.6. The highest BCUT2D eigenvalue weighted by atomic mass is 35.5. The van der Waals surface area contributed by atoms with Crippen LogP contribution in [-0.2, 0) is 6.61 Å². The molecule has 30 heavy (non-hydrogen) atoms. The molecule has 3 rings (SSSR count). The minimum atomic E-state index is -0.00412. The largest absolute Gasteiger partial charge is 0.496 e. The highest BCUT2D eigenvalue weighted by molar-refractivity contribution is 6.32. The van der Waals surface area contributed by atoms with Gasteiger partial charge < -0.3 is 20.9 Å². The van der Waals surface area contributed by atoms with Crippen LogP contribution in [-0.4, -0.2) is 29.5 Å². The molecular weight excluding hydrogens is 408 g/mol. The summed E-state index contributed by atoms with van der Waals surface area (Å²) >= 11 is 6.22. The van der Waals surface area contributed by atoms with Gasteiger partial charge in [-0.1, -0.05) is 11.6 Å². The van der Waals surface area contributed by atoms with E-state index in [0.717, 1.165) is 33.0 Å². The molecule has 0 spiro atoms. The summed E-state index contributed by atoms with van der Waals surface area (Å²) in [5.74, 6) is 1.46. The third-order valence-electron chi connectivity index (χ3n) is 4.24. The van der Waals surface area contributed by atoms with Crippen molar-refractivity contribution >= 4 is 29.5 Å². The first-order valence-electron chi connectivity index (χ1n) is 8.90. The van der Waals surface area contributed by atoms with Crippen molar-refractivity contribution < 1.29 is 14.1 Å². The predicted octanol–water partition coefficient (Wildman–Crippen LogP) is 3.25. The van der Waals surface area contributed by atoms with E-state index < -0.39 is 0 Å². The molecule has 1 aromatic heterocycles. The molecule has 3 aromatic rings. The van der Waals surface area contributed by atoms with Gasteiger partial charge >= 0.3 is 0 Å². The average Bonchev–Trinajstić information content (AvgIpc) is 3.16. The van der Waals surface area contributed by atoms with E-state index in [9.17, 15) is 0 Å². The van der Waals surface area contributed by atoms with Crippen LogP contribution in [0.15, 0.2) is 45.2 Å². The van der Waals surface area contributed by atoms with Crippen LogP contribution in [0.2, 0.25) is 5.02 Å². The highest BCUT2D eigenvalue weighted by Gasteiger charge is 2.10. The zero-order valence-corrected chi connectivity index (χ0v) is 17.5. The third kappa shape index (κ3) is 4.87. The van der Waals surface area contributed by atoms with Gasteiger partial charge in [-0.3, -0.25) is 0 Å². The van der Waals surface area contributed by atoms with Crippen LogP contribution in [0.5, 0.6) is 11.5 Å². The Balaban J connectivity index is 1.76. The van der Waals surface area contributed by atoms with Crippen molar-refractivity contribution in [2.24, 2.45) is 15.9 Å². The van der Waals surface area contributed by atoms with Crippen molar-refractivity contribution in [2.45, 2.75) is 20.5 Å². The van der Waals surface area contributed by atoms with Gasteiger partial charge in [0.05, 0.1) is 13.3 Å². The lowest BCUT2D eigenvalue weighted by Crippen LogP contribution is -2.15. The second kappa shape index (κ2) is 9.27. The fourth-order valence-corrected chi connectivity index (χ4v) is 2.83. The number of hydrogen-bond donors (Lipinski definition) is 2. The van der Waals surface area contributed by atoms with Crippen LogP contribution in [0.25, 0.3) is 0 Å². The van der Waals surface area contributed by atoms with E-state index in [1.54, 1.807) is 7.11 Å². The monoisotopic (exact) mass is 428 g/mol. The molecule has 9 nitrogen and oxygen atoms in total. The first-order valence-corrected chi connectivity index (χ1v) is 9.28. The number of ether oxygens (including phenoxy) is 2. The van der Waals surface area contributed by atoms with E-state index in [1.165, 1.54) is 6.21 Å². The minimum Gasteiger partial charge on any atom is -0.496 e. The number of halogens is 1. The molecule has 0 aliphatic rings. The van der Waals surface area contributed by atoms with E-state index in [0.29, 0.717) is 12.4 Å². The molecule has 0 aliphatic carbocycles. The maximum Gasteiger partial charge on any atom is 0.199 e. The maximum atomic E-state index is 6.22. The number of methoxy groups -OCH3 is 1. The Bertz CT molecular complexity index is 1090. The fourth-order valence-electron chi connectivity index (χ4n) is 2.72. The SMILES string of the molecule is COc1ccc(C=NN=C(N)c2nonc2N)cc1COc1cc(C)c(Cl)c(C)c1. The standard InChI is InChI=1S/C20H21ClN6O3/c1-11-6-15(7-12(2)17(11)21)29-10-14-8-13(4-5-16(14)28-3)9-24-25-19(22)18-20(23)27-30-26-18/h4-9H,10H2,1-3H3,(H2,22,25)(H2,23,27). The predicted molar refractivity (Wildman–Crippen MR) is 115 cm³/mol. The van der Waals surface area contributed by atoms with Gasteiger partial charge in [0.15, 0.2) is 17.3 Å². The molecule has 10 heteroatoms. The number of amidine groups is 1. The molecule has 0 amide bonds. The normalized spacial score (nSPS) is 11.8. The zero-order chi connectivity index (χ0) is 21.7. The summed E-state index contributed by atoms with van der Waals surface area (Å²) in [6.07, 6.45) is 1.54. The summed E-state index contributed by atoms with van der Waals surface area (Å²) in [6, 6.07) is 9.34. The summed E-state index contributed by atoms with van der Waals surface area (Å²) in [6.45, 7) is 4.18. The van der Waals surface area contributed by atoms with Gasteiger partial charge in [0, 0.05) is 10.6 Å². The van der Waals surface area contributed by atoms with Crippen LogP contribution < -0.4 is 20.9 Å². The van der Waals surface area contributed by atoms with Crippen molar-refractivity contribution in [1.29, 1.82) is 0 Å². The lowest BCUT2D eigenvalue weighted by atomic mass is 10.1. The summed E-state index contributed by atoms with van der Waals surface area (Å²) in [5.41, 5.74) is 15.0. The molecule has 1 heterocycles. The van der Waals surface area contributed by atoms with Gasteiger partial charge in [-0.05, 0) is 71.2 Å². The quantitative estimate of drug-likeness (QED) is 0.335. The Morgan fingerprint density at radius 3 is 2.57 bits per heavy atom. The molecule has 0 atom stereocenters. The first-order chi connectivity index (χ1) is 14.4.